The first-order valence-electron chi connectivity index (χ1n) is 11.6. The first-order chi connectivity index (χ1) is 16.2. The minimum absolute atomic E-state index is 0.115. The zero-order chi connectivity index (χ0) is 24.5. The van der Waals surface area contributed by atoms with Crippen molar-refractivity contribution in [3.8, 4) is 0 Å². The third-order valence-corrected chi connectivity index (χ3v) is 6.09. The molecule has 0 amide bonds. The van der Waals surface area contributed by atoms with E-state index in [2.05, 4.69) is 53.1 Å². The molecule has 0 spiro atoms. The van der Waals surface area contributed by atoms with Crippen molar-refractivity contribution in [2.45, 2.75) is 65.7 Å². The molecule has 0 saturated carbocycles. The van der Waals surface area contributed by atoms with E-state index in [0.29, 0.717) is 18.7 Å². The largest absolute Gasteiger partial charge is 0.321 e. The number of aromatic amines is 1. The van der Waals surface area contributed by atoms with E-state index in [-0.39, 0.29) is 23.0 Å². The summed E-state index contributed by atoms with van der Waals surface area (Å²) in [4.78, 5) is 18.3. The van der Waals surface area contributed by atoms with E-state index < -0.39 is 0 Å². The van der Waals surface area contributed by atoms with Crippen LogP contribution in [0, 0.1) is 12.7 Å². The zero-order valence-corrected chi connectivity index (χ0v) is 20.3. The van der Waals surface area contributed by atoms with Crippen LogP contribution in [0.2, 0.25) is 0 Å². The number of hydrogen-bond donors (Lipinski definition) is 1. The second kappa shape index (κ2) is 9.46. The molecule has 0 aliphatic carbocycles. The minimum atomic E-state index is -0.300. The van der Waals surface area contributed by atoms with Gasteiger partial charge in [-0.05, 0) is 79.3 Å². The lowest BCUT2D eigenvalue weighted by atomic mass is 10.0. The van der Waals surface area contributed by atoms with Crippen LogP contribution in [0.1, 0.15) is 62.7 Å². The summed E-state index contributed by atoms with van der Waals surface area (Å²) in [6, 6.07) is 14.2. The molecule has 0 saturated heterocycles. The fraction of sp³-hybridized carbons (Fsp3) is 0.385. The molecule has 1 unspecified atom stereocenters. The summed E-state index contributed by atoms with van der Waals surface area (Å²) < 4.78 is 15.4. The van der Waals surface area contributed by atoms with E-state index in [4.69, 9.17) is 0 Å². The summed E-state index contributed by atoms with van der Waals surface area (Å²) in [5.74, 6) is 0.463. The number of benzene rings is 2. The molecule has 0 aliphatic rings. The number of hydrogen-bond acceptors (Lipinski definition) is 5. The Morgan fingerprint density at radius 1 is 1.12 bits per heavy atom. The van der Waals surface area contributed by atoms with Gasteiger partial charge in [0, 0.05) is 18.7 Å². The highest BCUT2D eigenvalue weighted by molar-refractivity contribution is 5.81. The van der Waals surface area contributed by atoms with Crippen molar-refractivity contribution in [2.75, 3.05) is 0 Å². The topological polar surface area (TPSA) is 79.7 Å². The fourth-order valence-electron chi connectivity index (χ4n) is 4.35. The smallest absolute Gasteiger partial charge is 0.252 e. The highest BCUT2D eigenvalue weighted by Gasteiger charge is 2.29. The molecule has 8 heteroatoms. The van der Waals surface area contributed by atoms with Crippen molar-refractivity contribution in [1.29, 1.82) is 0 Å². The predicted octanol–water partition coefficient (Wildman–Crippen LogP) is 4.87. The first kappa shape index (κ1) is 23.8. The van der Waals surface area contributed by atoms with E-state index in [1.165, 1.54) is 12.1 Å². The van der Waals surface area contributed by atoms with Crippen molar-refractivity contribution in [1.82, 2.24) is 30.1 Å². The Balaban J connectivity index is 1.77. The summed E-state index contributed by atoms with van der Waals surface area (Å²) in [6.07, 6.45) is 0.738. The molecule has 34 heavy (non-hydrogen) atoms. The van der Waals surface area contributed by atoms with Crippen molar-refractivity contribution in [3.63, 3.8) is 0 Å². The van der Waals surface area contributed by atoms with Crippen LogP contribution < -0.4 is 5.56 Å². The number of tetrazole rings is 1. The Morgan fingerprint density at radius 3 is 2.53 bits per heavy atom. The van der Waals surface area contributed by atoms with E-state index in [9.17, 15) is 9.18 Å². The highest BCUT2D eigenvalue weighted by Crippen LogP contribution is 2.29. The second-order valence-electron chi connectivity index (χ2n) is 9.74. The van der Waals surface area contributed by atoms with Gasteiger partial charge in [0.05, 0.1) is 17.1 Å². The Hall–Kier alpha value is -3.39. The Morgan fingerprint density at radius 2 is 1.85 bits per heavy atom. The van der Waals surface area contributed by atoms with Gasteiger partial charge in [0.15, 0.2) is 5.82 Å². The van der Waals surface area contributed by atoms with E-state index in [1.807, 2.05) is 35.9 Å². The average Bonchev–Trinajstić information content (AvgIpc) is 3.27. The maximum absolute atomic E-state index is 13.5. The van der Waals surface area contributed by atoms with Gasteiger partial charge in [-0.1, -0.05) is 37.3 Å². The highest BCUT2D eigenvalue weighted by atomic mass is 19.1. The maximum Gasteiger partial charge on any atom is 0.252 e. The standard InChI is InChI=1S/C26H31FN6O/c1-6-22(24-29-30-31-33(24)26(3,4)5)32(15-18-10-12-21(27)13-11-18)16-20-14-19-9-7-8-17(2)23(19)28-25(20)34/h7-14,22H,6,15-16H2,1-5H3,(H,28,34). The van der Waals surface area contributed by atoms with Gasteiger partial charge in [-0.15, -0.1) is 5.10 Å². The lowest BCUT2D eigenvalue weighted by Gasteiger charge is -2.32. The summed E-state index contributed by atoms with van der Waals surface area (Å²) in [6.45, 7) is 11.1. The molecule has 2 heterocycles. The van der Waals surface area contributed by atoms with E-state index in [0.717, 1.165) is 34.3 Å². The number of halogens is 1. The number of aryl methyl sites for hydroxylation is 1. The van der Waals surface area contributed by atoms with E-state index in [1.54, 1.807) is 12.1 Å². The van der Waals surface area contributed by atoms with Crippen LogP contribution >= 0.6 is 0 Å². The molecular weight excluding hydrogens is 431 g/mol. The number of nitrogens with zero attached hydrogens (tertiary/aromatic N) is 5. The van der Waals surface area contributed by atoms with Gasteiger partial charge in [0.25, 0.3) is 5.56 Å². The maximum atomic E-state index is 13.5. The molecule has 0 aliphatic heterocycles. The third kappa shape index (κ3) is 4.92. The molecule has 1 N–H and O–H groups in total. The molecule has 4 aromatic rings. The SMILES string of the molecule is CCC(c1nnnn1C(C)(C)C)N(Cc1ccc(F)cc1)Cc1cc2cccc(C)c2[nH]c1=O. The van der Waals surface area contributed by atoms with Gasteiger partial charge >= 0.3 is 0 Å². The lowest BCUT2D eigenvalue weighted by Crippen LogP contribution is -2.35. The summed E-state index contributed by atoms with van der Waals surface area (Å²) in [5, 5.41) is 13.6. The van der Waals surface area contributed by atoms with E-state index >= 15 is 0 Å². The number of H-pyrrole nitrogens is 1. The van der Waals surface area contributed by atoms with Gasteiger partial charge in [-0.25, -0.2) is 9.07 Å². The predicted molar refractivity (Wildman–Crippen MR) is 131 cm³/mol. The third-order valence-electron chi connectivity index (χ3n) is 6.09. The summed E-state index contributed by atoms with van der Waals surface area (Å²) in [7, 11) is 0. The molecule has 0 bridgehead atoms. The van der Waals surface area contributed by atoms with Gasteiger partial charge in [-0.3, -0.25) is 9.69 Å². The van der Waals surface area contributed by atoms with Crippen LogP contribution in [0.5, 0.6) is 0 Å². The fourth-order valence-corrected chi connectivity index (χ4v) is 4.35. The lowest BCUT2D eigenvalue weighted by molar-refractivity contribution is 0.153. The molecule has 0 radical (unpaired) electrons. The molecule has 2 aromatic carbocycles. The number of rotatable bonds is 7. The van der Waals surface area contributed by atoms with Gasteiger partial charge in [0.1, 0.15) is 5.82 Å². The van der Waals surface area contributed by atoms with Gasteiger partial charge in [0.2, 0.25) is 0 Å². The van der Waals surface area contributed by atoms with Crippen LogP contribution in [0.3, 0.4) is 0 Å². The van der Waals surface area contributed by atoms with Crippen LogP contribution in [-0.2, 0) is 18.6 Å². The van der Waals surface area contributed by atoms with Gasteiger partial charge in [-0.2, -0.15) is 0 Å². The van der Waals surface area contributed by atoms with Crippen LogP contribution in [0.25, 0.3) is 10.9 Å². The number of fused-ring (bicyclic) bond motifs is 1. The van der Waals surface area contributed by atoms with Crippen LogP contribution in [0.4, 0.5) is 4.39 Å². The van der Waals surface area contributed by atoms with Crippen LogP contribution in [-0.4, -0.2) is 30.1 Å². The summed E-state index contributed by atoms with van der Waals surface area (Å²) in [5.41, 5.74) is 3.07. The van der Waals surface area contributed by atoms with Crippen molar-refractivity contribution >= 4 is 10.9 Å². The Bertz CT molecular complexity index is 1340. The Kier molecular flexibility index (Phi) is 6.61. The zero-order valence-electron chi connectivity index (χ0n) is 20.3. The number of nitrogens with one attached hydrogen (secondary N) is 1. The van der Waals surface area contributed by atoms with Gasteiger partial charge < -0.3 is 4.98 Å². The molecule has 0 fully saturated rings. The number of pyridine rings is 1. The number of aromatic nitrogens is 5. The molecule has 4 rings (SSSR count). The Labute approximate surface area is 198 Å². The van der Waals surface area contributed by atoms with Crippen molar-refractivity contribution in [3.05, 3.63) is 87.2 Å². The first-order valence-corrected chi connectivity index (χ1v) is 11.6. The summed E-state index contributed by atoms with van der Waals surface area (Å²) >= 11 is 0. The molecule has 1 atom stereocenters. The second-order valence-corrected chi connectivity index (χ2v) is 9.74. The monoisotopic (exact) mass is 462 g/mol. The minimum Gasteiger partial charge on any atom is -0.321 e. The van der Waals surface area contributed by atoms with Crippen molar-refractivity contribution < 1.29 is 4.39 Å². The molecular formula is C26H31FN6O. The quantitative estimate of drug-likeness (QED) is 0.424. The molecule has 178 valence electrons. The normalized spacial score (nSPS) is 13.0. The molecule has 7 nitrogen and oxygen atoms in total. The van der Waals surface area contributed by atoms with Crippen molar-refractivity contribution in [2.24, 2.45) is 0 Å². The number of para-hydroxylation sites is 1. The average molecular weight is 463 g/mol. The van der Waals surface area contributed by atoms with Crippen LogP contribution in [0.15, 0.2) is 53.3 Å². The molecule has 2 aromatic heterocycles.